The van der Waals surface area contributed by atoms with E-state index in [1.807, 2.05) is 22.9 Å². The highest BCUT2D eigenvalue weighted by Gasteiger charge is 2.36. The van der Waals surface area contributed by atoms with Crippen LogP contribution < -0.4 is 19.9 Å². The lowest BCUT2D eigenvalue weighted by atomic mass is 10.0. The number of aromatic nitrogens is 5. The fourth-order valence-electron chi connectivity index (χ4n) is 5.62. The third-order valence-corrected chi connectivity index (χ3v) is 7.34. The Bertz CT molecular complexity index is 1440. The topological polar surface area (TPSA) is 98.2 Å². The van der Waals surface area contributed by atoms with Crippen molar-refractivity contribution in [3.05, 3.63) is 69.8 Å². The maximum absolute atomic E-state index is 13.6. The number of para-hydroxylation sites is 1. The minimum absolute atomic E-state index is 0.167. The minimum atomic E-state index is -0.421. The molecule has 1 aliphatic heterocycles. The fraction of sp³-hybridized carbons (Fsp3) is 0.385. The van der Waals surface area contributed by atoms with Crippen molar-refractivity contribution in [2.45, 2.75) is 44.2 Å². The van der Waals surface area contributed by atoms with Crippen molar-refractivity contribution in [3.8, 4) is 11.5 Å². The highest BCUT2D eigenvalue weighted by Crippen LogP contribution is 2.40. The van der Waals surface area contributed by atoms with Gasteiger partial charge in [0.05, 0.1) is 25.8 Å². The van der Waals surface area contributed by atoms with E-state index in [1.54, 1.807) is 20.3 Å². The van der Waals surface area contributed by atoms with Crippen LogP contribution in [0.5, 0.6) is 11.5 Å². The summed E-state index contributed by atoms with van der Waals surface area (Å²) in [7, 11) is 3.19. The van der Waals surface area contributed by atoms with E-state index in [1.165, 1.54) is 18.4 Å². The lowest BCUT2D eigenvalue weighted by Gasteiger charge is -2.30. The number of pyridine rings is 1. The number of methoxy groups -OCH3 is 2. The number of H-pyrrole nitrogens is 1. The summed E-state index contributed by atoms with van der Waals surface area (Å²) in [6, 6.07) is 13.8. The zero-order valence-corrected chi connectivity index (χ0v) is 19.9. The first-order valence-electron chi connectivity index (χ1n) is 12.1. The summed E-state index contributed by atoms with van der Waals surface area (Å²) in [5, 5.41) is 13.8. The van der Waals surface area contributed by atoms with E-state index in [-0.39, 0.29) is 11.6 Å². The molecule has 0 unspecified atom stereocenters. The van der Waals surface area contributed by atoms with E-state index in [9.17, 15) is 4.79 Å². The predicted octanol–water partition coefficient (Wildman–Crippen LogP) is 3.80. The van der Waals surface area contributed by atoms with Crippen molar-refractivity contribution < 1.29 is 9.47 Å². The minimum Gasteiger partial charge on any atom is -0.493 e. The number of nitrogens with zero attached hydrogens (tertiary/aromatic N) is 5. The second kappa shape index (κ2) is 8.72. The number of hydrogen-bond acceptors (Lipinski definition) is 7. The highest BCUT2D eigenvalue weighted by molar-refractivity contribution is 5.83. The van der Waals surface area contributed by atoms with Gasteiger partial charge < -0.3 is 19.4 Å². The molecule has 9 nitrogen and oxygen atoms in total. The van der Waals surface area contributed by atoms with Crippen molar-refractivity contribution in [1.82, 2.24) is 25.2 Å². The molecule has 0 spiro atoms. The number of tetrazole rings is 1. The first-order valence-corrected chi connectivity index (χ1v) is 12.1. The predicted molar refractivity (Wildman–Crippen MR) is 132 cm³/mol. The summed E-state index contributed by atoms with van der Waals surface area (Å²) < 4.78 is 12.9. The van der Waals surface area contributed by atoms with Crippen LogP contribution in [0.1, 0.15) is 54.7 Å². The number of benzene rings is 2. The normalized spacial score (nSPS) is 16.6. The summed E-state index contributed by atoms with van der Waals surface area (Å²) >= 11 is 0. The van der Waals surface area contributed by atoms with Crippen LogP contribution in [0.15, 0.2) is 47.3 Å². The molecular weight excluding hydrogens is 444 g/mol. The van der Waals surface area contributed by atoms with Crippen LogP contribution in [0.25, 0.3) is 10.9 Å². The van der Waals surface area contributed by atoms with Crippen LogP contribution in [0.4, 0.5) is 5.69 Å². The Morgan fingerprint density at radius 3 is 2.63 bits per heavy atom. The summed E-state index contributed by atoms with van der Waals surface area (Å²) in [5.74, 6) is 1.88. The molecule has 0 bridgehead atoms. The lowest BCUT2D eigenvalue weighted by molar-refractivity contribution is 0.356. The van der Waals surface area contributed by atoms with Crippen LogP contribution in [-0.2, 0) is 6.42 Å². The van der Waals surface area contributed by atoms with Crippen molar-refractivity contribution >= 4 is 16.6 Å². The molecular formula is C26H28N6O3. The Labute approximate surface area is 202 Å². The van der Waals surface area contributed by atoms with Crippen LogP contribution in [0, 0.1) is 0 Å². The zero-order chi connectivity index (χ0) is 23.9. The van der Waals surface area contributed by atoms with Gasteiger partial charge in [-0.2, -0.15) is 0 Å². The van der Waals surface area contributed by atoms with Crippen LogP contribution in [0.2, 0.25) is 0 Å². The van der Waals surface area contributed by atoms with Crippen molar-refractivity contribution in [3.63, 3.8) is 0 Å². The quantitative estimate of drug-likeness (QED) is 0.456. The lowest BCUT2D eigenvalue weighted by Crippen LogP contribution is -2.34. The Morgan fingerprint density at radius 2 is 1.83 bits per heavy atom. The number of fused-ring (bicyclic) bond motifs is 2. The van der Waals surface area contributed by atoms with E-state index in [2.05, 4.69) is 43.6 Å². The van der Waals surface area contributed by atoms with Gasteiger partial charge in [-0.15, -0.1) is 5.10 Å². The Balaban J connectivity index is 1.55. The average Bonchev–Trinajstić information content (AvgIpc) is 3.65. The van der Waals surface area contributed by atoms with Crippen molar-refractivity contribution in [2.24, 2.45) is 0 Å². The first-order chi connectivity index (χ1) is 17.2. The number of ether oxygens (including phenoxy) is 2. The number of aromatic amines is 1. The maximum atomic E-state index is 13.6. The number of anilines is 1. The summed E-state index contributed by atoms with van der Waals surface area (Å²) in [6.45, 7) is 0.783. The molecule has 1 fully saturated rings. The molecule has 1 saturated carbocycles. The average molecular weight is 473 g/mol. The molecule has 2 aliphatic rings. The highest BCUT2D eigenvalue weighted by atomic mass is 16.5. The van der Waals surface area contributed by atoms with Crippen LogP contribution in [-0.4, -0.2) is 46.0 Å². The Hall–Kier alpha value is -3.88. The number of nitrogens with one attached hydrogen (secondary N) is 1. The zero-order valence-electron chi connectivity index (χ0n) is 19.9. The molecule has 35 heavy (non-hydrogen) atoms. The third-order valence-electron chi connectivity index (χ3n) is 7.34. The second-order valence-corrected chi connectivity index (χ2v) is 9.24. The van der Waals surface area contributed by atoms with Gasteiger partial charge >= 0.3 is 0 Å². The van der Waals surface area contributed by atoms with E-state index in [0.717, 1.165) is 36.9 Å². The SMILES string of the molecule is COc1cc2cc([C@H](c3nnnn3C3CCCC3)N3CCc4ccccc43)c(=O)[nH]c2cc1OC. The summed E-state index contributed by atoms with van der Waals surface area (Å²) in [6.07, 6.45) is 5.34. The molecule has 1 atom stereocenters. The standard InChI is InChI=1S/C26H28N6O3/c1-34-22-14-17-13-19(26(33)27-20(17)15-23(22)35-2)24(31-12-11-16-7-3-6-10-21(16)31)25-28-29-30-32(25)18-8-4-5-9-18/h3,6-7,10,13-15,18,24H,4-5,8-9,11-12H2,1-2H3,(H,27,33)/t24-/m1/s1. The molecule has 0 amide bonds. The summed E-state index contributed by atoms with van der Waals surface area (Å²) in [5.41, 5.74) is 3.51. The largest absolute Gasteiger partial charge is 0.493 e. The van der Waals surface area contributed by atoms with Gasteiger partial charge in [-0.05, 0) is 53.5 Å². The van der Waals surface area contributed by atoms with Gasteiger partial charge in [0.1, 0.15) is 6.04 Å². The van der Waals surface area contributed by atoms with Gasteiger partial charge in [0.25, 0.3) is 5.56 Å². The Morgan fingerprint density at radius 1 is 1.06 bits per heavy atom. The fourth-order valence-corrected chi connectivity index (χ4v) is 5.62. The van der Waals surface area contributed by atoms with Gasteiger partial charge in [0, 0.05) is 29.2 Å². The smallest absolute Gasteiger partial charge is 0.254 e. The molecule has 4 aromatic rings. The van der Waals surface area contributed by atoms with Gasteiger partial charge in [0.15, 0.2) is 17.3 Å². The second-order valence-electron chi connectivity index (χ2n) is 9.24. The van der Waals surface area contributed by atoms with Gasteiger partial charge in [-0.1, -0.05) is 31.0 Å². The third kappa shape index (κ3) is 3.62. The Kier molecular flexibility index (Phi) is 5.39. The first kappa shape index (κ1) is 21.6. The molecule has 1 aliphatic carbocycles. The molecule has 3 heterocycles. The maximum Gasteiger partial charge on any atom is 0.254 e. The van der Waals surface area contributed by atoms with E-state index >= 15 is 0 Å². The van der Waals surface area contributed by atoms with Gasteiger partial charge in [-0.25, -0.2) is 4.68 Å². The molecule has 1 N–H and O–H groups in total. The molecule has 6 rings (SSSR count). The van der Waals surface area contributed by atoms with E-state index in [4.69, 9.17) is 9.47 Å². The number of rotatable bonds is 6. The molecule has 9 heteroatoms. The van der Waals surface area contributed by atoms with Crippen LogP contribution in [0.3, 0.4) is 0 Å². The molecule has 0 saturated heterocycles. The van der Waals surface area contributed by atoms with E-state index in [0.29, 0.717) is 28.4 Å². The molecule has 2 aromatic carbocycles. The monoisotopic (exact) mass is 472 g/mol. The van der Waals surface area contributed by atoms with E-state index < -0.39 is 6.04 Å². The van der Waals surface area contributed by atoms with Gasteiger partial charge in [-0.3, -0.25) is 4.79 Å². The van der Waals surface area contributed by atoms with Gasteiger partial charge in [0.2, 0.25) is 0 Å². The van der Waals surface area contributed by atoms with Crippen molar-refractivity contribution in [1.29, 1.82) is 0 Å². The number of hydrogen-bond donors (Lipinski definition) is 1. The molecule has 180 valence electrons. The molecule has 0 radical (unpaired) electrons. The summed E-state index contributed by atoms with van der Waals surface area (Å²) in [4.78, 5) is 18.9. The van der Waals surface area contributed by atoms with Crippen molar-refractivity contribution in [2.75, 3.05) is 25.7 Å². The van der Waals surface area contributed by atoms with Crippen LogP contribution >= 0.6 is 0 Å². The molecule has 2 aromatic heterocycles.